The summed E-state index contributed by atoms with van der Waals surface area (Å²) in [7, 11) is -1.91. The molecule has 1 saturated carbocycles. The molecule has 7 heteroatoms. The molecule has 1 aromatic heterocycles. The fraction of sp³-hybridized carbons (Fsp3) is 0.615. The van der Waals surface area contributed by atoms with Gasteiger partial charge in [0.25, 0.3) is 0 Å². The Morgan fingerprint density at radius 2 is 2.20 bits per heavy atom. The maximum absolute atomic E-state index is 12.4. The highest BCUT2D eigenvalue weighted by Gasteiger charge is 2.36. The maximum atomic E-state index is 12.4. The quantitative estimate of drug-likeness (QED) is 0.875. The summed E-state index contributed by atoms with van der Waals surface area (Å²) in [5, 5.41) is 3.30. The SMILES string of the molecule is CCNc1ncc(S(=O)(=O)N(C)CC2CC2C)cc1Cl. The van der Waals surface area contributed by atoms with Crippen molar-refractivity contribution in [1.82, 2.24) is 9.29 Å². The van der Waals surface area contributed by atoms with Crippen LogP contribution in [0, 0.1) is 11.8 Å². The Morgan fingerprint density at radius 3 is 2.70 bits per heavy atom. The fourth-order valence-electron chi connectivity index (χ4n) is 2.12. The predicted molar refractivity (Wildman–Crippen MR) is 80.5 cm³/mol. The minimum atomic E-state index is -3.51. The standard InChI is InChI=1S/C13H20ClN3O2S/c1-4-15-13-12(14)6-11(7-16-13)20(18,19)17(3)8-10-5-9(10)2/h6-7,9-10H,4-5,8H2,1-3H3,(H,15,16). The van der Waals surface area contributed by atoms with Crippen molar-refractivity contribution in [1.29, 1.82) is 0 Å². The van der Waals surface area contributed by atoms with Gasteiger partial charge in [-0.15, -0.1) is 0 Å². The summed E-state index contributed by atoms with van der Waals surface area (Å²) in [5.41, 5.74) is 0. The van der Waals surface area contributed by atoms with Gasteiger partial charge in [0.05, 0.1) is 5.02 Å². The highest BCUT2D eigenvalue weighted by atomic mass is 35.5. The number of aromatic nitrogens is 1. The van der Waals surface area contributed by atoms with E-state index >= 15 is 0 Å². The number of nitrogens with zero attached hydrogens (tertiary/aromatic N) is 2. The Morgan fingerprint density at radius 1 is 1.55 bits per heavy atom. The molecule has 0 aliphatic heterocycles. The minimum absolute atomic E-state index is 0.139. The second kappa shape index (κ2) is 5.87. The monoisotopic (exact) mass is 317 g/mol. The number of hydrogen-bond donors (Lipinski definition) is 1. The zero-order valence-electron chi connectivity index (χ0n) is 11.9. The molecule has 2 unspecified atom stereocenters. The fourth-order valence-corrected chi connectivity index (χ4v) is 3.62. The topological polar surface area (TPSA) is 62.3 Å². The number of anilines is 1. The number of pyridine rings is 1. The molecule has 0 spiro atoms. The molecule has 1 aliphatic carbocycles. The molecule has 1 aliphatic rings. The summed E-state index contributed by atoms with van der Waals surface area (Å²) >= 11 is 6.05. The van der Waals surface area contributed by atoms with E-state index in [0.717, 1.165) is 6.42 Å². The van der Waals surface area contributed by atoms with Crippen molar-refractivity contribution in [2.24, 2.45) is 11.8 Å². The Kier molecular flexibility index (Phi) is 4.56. The van der Waals surface area contributed by atoms with Crippen LogP contribution in [0.5, 0.6) is 0 Å². The summed E-state index contributed by atoms with van der Waals surface area (Å²) < 4.78 is 26.3. The van der Waals surface area contributed by atoms with E-state index in [4.69, 9.17) is 11.6 Å². The van der Waals surface area contributed by atoms with E-state index in [1.54, 1.807) is 7.05 Å². The van der Waals surface area contributed by atoms with Gasteiger partial charge in [-0.2, -0.15) is 0 Å². The molecule has 5 nitrogen and oxygen atoms in total. The predicted octanol–water partition coefficient (Wildman–Crippen LogP) is 2.44. The van der Waals surface area contributed by atoms with Gasteiger partial charge in [0.1, 0.15) is 10.7 Å². The molecule has 1 aromatic rings. The van der Waals surface area contributed by atoms with Crippen LogP contribution in [-0.4, -0.2) is 37.8 Å². The molecule has 1 heterocycles. The summed E-state index contributed by atoms with van der Waals surface area (Å²) in [6, 6.07) is 1.45. The molecular weight excluding hydrogens is 298 g/mol. The molecule has 0 saturated heterocycles. The van der Waals surface area contributed by atoms with E-state index in [1.807, 2.05) is 6.92 Å². The van der Waals surface area contributed by atoms with Crippen molar-refractivity contribution in [3.8, 4) is 0 Å². The first-order valence-corrected chi connectivity index (χ1v) is 8.53. The minimum Gasteiger partial charge on any atom is -0.369 e. The second-order valence-corrected chi connectivity index (χ2v) is 7.74. The third-order valence-corrected chi connectivity index (χ3v) is 5.71. The van der Waals surface area contributed by atoms with E-state index < -0.39 is 10.0 Å². The molecule has 0 aromatic carbocycles. The Balaban J connectivity index is 2.18. The van der Waals surface area contributed by atoms with Gasteiger partial charge in [-0.05, 0) is 31.2 Å². The molecule has 0 radical (unpaired) electrons. The van der Waals surface area contributed by atoms with Crippen molar-refractivity contribution >= 4 is 27.4 Å². The van der Waals surface area contributed by atoms with Gasteiger partial charge in [0.15, 0.2) is 0 Å². The molecule has 2 atom stereocenters. The van der Waals surface area contributed by atoms with Crippen molar-refractivity contribution in [3.63, 3.8) is 0 Å². The van der Waals surface area contributed by atoms with E-state index in [0.29, 0.717) is 35.8 Å². The lowest BCUT2D eigenvalue weighted by Crippen LogP contribution is -2.29. The van der Waals surface area contributed by atoms with Gasteiger partial charge in [-0.3, -0.25) is 0 Å². The van der Waals surface area contributed by atoms with Crippen LogP contribution in [0.1, 0.15) is 20.3 Å². The van der Waals surface area contributed by atoms with Crippen LogP contribution in [0.3, 0.4) is 0 Å². The van der Waals surface area contributed by atoms with Crippen molar-refractivity contribution in [2.45, 2.75) is 25.2 Å². The lowest BCUT2D eigenvalue weighted by molar-refractivity contribution is 0.444. The van der Waals surface area contributed by atoms with Crippen LogP contribution in [0.15, 0.2) is 17.2 Å². The van der Waals surface area contributed by atoms with Gasteiger partial charge in [-0.25, -0.2) is 17.7 Å². The van der Waals surface area contributed by atoms with Crippen LogP contribution in [0.4, 0.5) is 5.82 Å². The summed E-state index contributed by atoms with van der Waals surface area (Å²) in [4.78, 5) is 4.22. The molecular formula is C13H20ClN3O2S. The maximum Gasteiger partial charge on any atom is 0.244 e. The van der Waals surface area contributed by atoms with Crippen molar-refractivity contribution < 1.29 is 8.42 Å². The third kappa shape index (κ3) is 3.24. The second-order valence-electron chi connectivity index (χ2n) is 5.29. The Bertz CT molecular complexity index is 591. The van der Waals surface area contributed by atoms with Crippen LogP contribution >= 0.6 is 11.6 Å². The number of rotatable bonds is 6. The van der Waals surface area contributed by atoms with Crippen molar-refractivity contribution in [2.75, 3.05) is 25.5 Å². The van der Waals surface area contributed by atoms with E-state index in [1.165, 1.54) is 16.6 Å². The number of nitrogens with one attached hydrogen (secondary N) is 1. The summed E-state index contributed by atoms with van der Waals surface area (Å²) in [6.07, 6.45) is 2.45. The third-order valence-electron chi connectivity index (χ3n) is 3.64. The molecule has 2 rings (SSSR count). The molecule has 0 bridgehead atoms. The smallest absolute Gasteiger partial charge is 0.244 e. The molecule has 112 valence electrons. The van der Waals surface area contributed by atoms with Crippen molar-refractivity contribution in [3.05, 3.63) is 17.3 Å². The first kappa shape index (κ1) is 15.5. The van der Waals surface area contributed by atoms with E-state index in [2.05, 4.69) is 17.2 Å². The first-order chi connectivity index (χ1) is 9.36. The van der Waals surface area contributed by atoms with Gasteiger partial charge in [-0.1, -0.05) is 18.5 Å². The Hall–Kier alpha value is -0.850. The lowest BCUT2D eigenvalue weighted by atomic mass is 10.3. The zero-order valence-corrected chi connectivity index (χ0v) is 13.5. The molecule has 20 heavy (non-hydrogen) atoms. The Labute approximate surface area is 125 Å². The number of sulfonamides is 1. The van der Waals surface area contributed by atoms with Gasteiger partial charge in [0.2, 0.25) is 10.0 Å². The van der Waals surface area contributed by atoms with Crippen LogP contribution in [0.2, 0.25) is 5.02 Å². The zero-order chi connectivity index (χ0) is 14.9. The number of halogens is 1. The average Bonchev–Trinajstić information content (AvgIpc) is 3.07. The summed E-state index contributed by atoms with van der Waals surface area (Å²) in [6.45, 7) is 5.29. The van der Waals surface area contributed by atoms with Crippen LogP contribution in [0.25, 0.3) is 0 Å². The van der Waals surface area contributed by atoms with Gasteiger partial charge in [0, 0.05) is 26.3 Å². The lowest BCUT2D eigenvalue weighted by Gasteiger charge is -2.17. The largest absolute Gasteiger partial charge is 0.369 e. The highest BCUT2D eigenvalue weighted by molar-refractivity contribution is 7.89. The summed E-state index contributed by atoms with van der Waals surface area (Å²) in [5.74, 6) is 1.59. The van der Waals surface area contributed by atoms with Gasteiger partial charge < -0.3 is 5.32 Å². The number of hydrogen-bond acceptors (Lipinski definition) is 4. The molecule has 0 amide bonds. The molecule has 1 fully saturated rings. The van der Waals surface area contributed by atoms with Crippen LogP contribution in [-0.2, 0) is 10.0 Å². The normalized spacial score (nSPS) is 22.1. The average molecular weight is 318 g/mol. The first-order valence-electron chi connectivity index (χ1n) is 6.72. The van der Waals surface area contributed by atoms with Gasteiger partial charge >= 0.3 is 0 Å². The highest BCUT2D eigenvalue weighted by Crippen LogP contribution is 2.38. The van der Waals surface area contributed by atoms with E-state index in [9.17, 15) is 8.42 Å². The van der Waals surface area contributed by atoms with Crippen LogP contribution < -0.4 is 5.32 Å². The van der Waals surface area contributed by atoms with E-state index in [-0.39, 0.29) is 4.90 Å². The molecule has 1 N–H and O–H groups in total.